The Morgan fingerprint density at radius 3 is 2.37 bits per heavy atom. The van der Waals surface area contributed by atoms with Crippen molar-refractivity contribution in [2.75, 3.05) is 6.54 Å². The Morgan fingerprint density at radius 2 is 1.78 bits per heavy atom. The van der Waals surface area contributed by atoms with Crippen LogP contribution in [0.5, 0.6) is 0 Å². The smallest absolute Gasteiger partial charge is 0.410 e. The Morgan fingerprint density at radius 1 is 1.08 bits per heavy atom. The first kappa shape index (κ1) is 37.7. The number of benzene rings is 1. The molecule has 1 aromatic rings. The van der Waals surface area contributed by atoms with Crippen LogP contribution in [0.2, 0.25) is 0 Å². The summed E-state index contributed by atoms with van der Waals surface area (Å²) in [5.41, 5.74) is -1.71. The second-order valence-corrected chi connectivity index (χ2v) is 16.6. The van der Waals surface area contributed by atoms with Crippen LogP contribution in [0.25, 0.3) is 0 Å². The molecule has 2 heterocycles. The molecule has 1 aromatic carbocycles. The first-order valence-corrected chi connectivity index (χ1v) is 18.5. The van der Waals surface area contributed by atoms with Crippen LogP contribution >= 0.6 is 0 Å². The van der Waals surface area contributed by atoms with Crippen molar-refractivity contribution < 1.29 is 51.0 Å². The third kappa shape index (κ3) is 8.51. The average Bonchev–Trinajstić information content (AvgIpc) is 3.47. The number of carbonyl (C=O) groups excluding carboxylic acids is 6. The van der Waals surface area contributed by atoms with Crippen LogP contribution in [0.1, 0.15) is 77.8 Å². The third-order valence-electron chi connectivity index (χ3n) is 9.48. The van der Waals surface area contributed by atoms with Gasteiger partial charge in [-0.1, -0.05) is 25.1 Å². The lowest BCUT2D eigenvalue weighted by molar-refractivity contribution is -0.143. The number of hydrogen-bond donors (Lipinski definition) is 3. The quantitative estimate of drug-likeness (QED) is 0.321. The zero-order valence-corrected chi connectivity index (χ0v) is 30.0. The molecule has 1 saturated carbocycles. The maximum atomic E-state index is 14.4. The lowest BCUT2D eigenvalue weighted by atomic mass is 9.94. The van der Waals surface area contributed by atoms with E-state index in [0.717, 1.165) is 4.90 Å². The number of ketones is 1. The summed E-state index contributed by atoms with van der Waals surface area (Å²) in [6.07, 6.45) is 0.657. The lowest BCUT2D eigenvalue weighted by Gasteiger charge is -2.34. The maximum absolute atomic E-state index is 14.4. The molecule has 0 bridgehead atoms. The van der Waals surface area contributed by atoms with Gasteiger partial charge in [0.25, 0.3) is 5.91 Å². The molecule has 3 N–H and O–H groups in total. The van der Waals surface area contributed by atoms with E-state index in [0.29, 0.717) is 24.0 Å². The number of likely N-dealkylation sites (tertiary alicyclic amines) is 1. The molecule has 15 nitrogen and oxygen atoms in total. The Labute approximate surface area is 295 Å². The van der Waals surface area contributed by atoms with Crippen LogP contribution in [0.3, 0.4) is 0 Å². The van der Waals surface area contributed by atoms with Crippen molar-refractivity contribution >= 4 is 45.7 Å². The van der Waals surface area contributed by atoms with Crippen molar-refractivity contribution in [3.63, 3.8) is 0 Å². The van der Waals surface area contributed by atoms with Gasteiger partial charge in [-0.2, -0.15) is 0 Å². The van der Waals surface area contributed by atoms with Crippen LogP contribution in [-0.2, 0) is 51.8 Å². The zero-order chi connectivity index (χ0) is 37.5. The minimum absolute atomic E-state index is 0.0268. The largest absolute Gasteiger partial charge is 0.444 e. The summed E-state index contributed by atoms with van der Waals surface area (Å²) in [6.45, 7) is 7.48. The summed E-state index contributed by atoms with van der Waals surface area (Å²) in [7, 11) is -3.95. The van der Waals surface area contributed by atoms with Crippen LogP contribution in [0.4, 0.5) is 14.0 Å². The minimum Gasteiger partial charge on any atom is -0.444 e. The number of nitrogens with one attached hydrogen (secondary N) is 3. The first-order valence-electron chi connectivity index (χ1n) is 16.9. The van der Waals surface area contributed by atoms with Gasteiger partial charge >= 0.3 is 12.2 Å². The van der Waals surface area contributed by atoms with Gasteiger partial charge in [-0.05, 0) is 71.1 Å². The van der Waals surface area contributed by atoms with Gasteiger partial charge in [0.15, 0.2) is 5.78 Å². The van der Waals surface area contributed by atoms with Crippen molar-refractivity contribution in [2.24, 2.45) is 5.92 Å². The number of carbonyl (C=O) groups is 6. The van der Waals surface area contributed by atoms with Crippen LogP contribution in [0.15, 0.2) is 30.4 Å². The molecule has 5 rings (SSSR count). The number of alkyl carbamates (subject to hydrolysis) is 1. The molecule has 0 radical (unpaired) electrons. The SMILES string of the molecule is CC[C@@](C)(NC(=O)[C@@H]1C[C@@H](OC(=O)N2Cc3cccc(F)c3C2)CN1C(=O)[C@@H](NC(=O)OC(C)(C)C)C1CC=CC1=O)C(=O)NS(=O)(=O)C1CC1. The normalized spacial score (nSPS) is 23.3. The highest BCUT2D eigenvalue weighted by Gasteiger charge is 2.49. The molecule has 2 fully saturated rings. The molecule has 0 spiro atoms. The number of rotatable bonds is 10. The van der Waals surface area contributed by atoms with Crippen molar-refractivity contribution in [3.8, 4) is 0 Å². The number of nitrogens with zero attached hydrogens (tertiary/aromatic N) is 2. The van der Waals surface area contributed by atoms with Gasteiger partial charge in [-0.3, -0.25) is 28.8 Å². The Bertz CT molecular complexity index is 1760. The highest BCUT2D eigenvalue weighted by Crippen LogP contribution is 2.31. The van der Waals surface area contributed by atoms with E-state index in [9.17, 15) is 41.6 Å². The molecule has 17 heteroatoms. The van der Waals surface area contributed by atoms with Gasteiger partial charge in [0.2, 0.25) is 21.8 Å². The Kier molecular flexibility index (Phi) is 10.5. The second kappa shape index (κ2) is 14.2. The van der Waals surface area contributed by atoms with Gasteiger partial charge in [0, 0.05) is 18.5 Å². The molecule has 5 atom stereocenters. The number of ether oxygens (including phenoxy) is 2. The number of amides is 5. The summed E-state index contributed by atoms with van der Waals surface area (Å²) < 4.78 is 52.6. The van der Waals surface area contributed by atoms with Crippen molar-refractivity contribution in [1.29, 1.82) is 0 Å². The fourth-order valence-electron chi connectivity index (χ4n) is 6.29. The van der Waals surface area contributed by atoms with Gasteiger partial charge in [-0.25, -0.2) is 22.4 Å². The van der Waals surface area contributed by atoms with Crippen molar-refractivity contribution in [1.82, 2.24) is 25.2 Å². The van der Waals surface area contributed by atoms with Crippen molar-refractivity contribution in [3.05, 3.63) is 47.3 Å². The molecule has 0 aromatic heterocycles. The summed E-state index contributed by atoms with van der Waals surface area (Å²) in [4.78, 5) is 83.0. The molecule has 1 unspecified atom stereocenters. The van der Waals surface area contributed by atoms with Crippen LogP contribution in [-0.4, -0.2) is 95.0 Å². The summed E-state index contributed by atoms with van der Waals surface area (Å²) in [6, 6.07) is 1.65. The second-order valence-electron chi connectivity index (χ2n) is 14.6. The summed E-state index contributed by atoms with van der Waals surface area (Å²) in [5, 5.41) is 4.39. The average molecular weight is 734 g/mol. The molecule has 51 heavy (non-hydrogen) atoms. The maximum Gasteiger partial charge on any atom is 0.410 e. The van der Waals surface area contributed by atoms with E-state index in [1.807, 2.05) is 4.72 Å². The lowest BCUT2D eigenvalue weighted by Crippen LogP contribution is -2.62. The van der Waals surface area contributed by atoms with Gasteiger partial charge in [-0.15, -0.1) is 0 Å². The molecule has 5 amide bonds. The molecular formula is C34H44FN5O10S. The Balaban J connectivity index is 1.39. The van der Waals surface area contributed by atoms with E-state index < -0.39 is 92.0 Å². The summed E-state index contributed by atoms with van der Waals surface area (Å²) in [5.74, 6) is -4.57. The van der Waals surface area contributed by atoms with Gasteiger partial charge < -0.3 is 25.0 Å². The predicted octanol–water partition coefficient (Wildman–Crippen LogP) is 2.18. The highest BCUT2D eigenvalue weighted by molar-refractivity contribution is 7.91. The molecule has 2 aliphatic carbocycles. The molecule has 1 saturated heterocycles. The van der Waals surface area contributed by atoms with E-state index in [-0.39, 0.29) is 38.9 Å². The van der Waals surface area contributed by atoms with Crippen LogP contribution in [0, 0.1) is 11.7 Å². The van der Waals surface area contributed by atoms with Gasteiger partial charge in [0.1, 0.15) is 35.1 Å². The molecular weight excluding hydrogens is 689 g/mol. The monoisotopic (exact) mass is 733 g/mol. The van der Waals surface area contributed by atoms with Crippen LogP contribution < -0.4 is 15.4 Å². The molecule has 278 valence electrons. The fraction of sp³-hybridized carbons (Fsp3) is 0.588. The standard InChI is InChI=1S/C34H44FN5O10S/c1-6-34(5,30(44)38-51(47,48)21-13-14-21)37-28(42)25-15-20(49-32(46)39-16-19-9-7-11-24(35)23(19)18-39)17-40(25)29(43)27(22-10-8-12-26(22)41)36-31(45)50-33(2,3)4/h7-9,11-12,20-22,25,27H,6,10,13-18H2,1-5H3,(H,36,45)(H,37,42)(H,38,44)/t20-,22?,25+,27+,34-/m1/s1. The predicted molar refractivity (Wildman–Crippen MR) is 178 cm³/mol. The number of allylic oxidation sites excluding steroid dienone is 2. The number of fused-ring (bicyclic) bond motifs is 1. The Hall–Kier alpha value is -4.54. The molecule has 4 aliphatic rings. The van der Waals surface area contributed by atoms with Gasteiger partial charge in [0.05, 0.1) is 24.3 Å². The van der Waals surface area contributed by atoms with E-state index >= 15 is 0 Å². The number of halogens is 1. The van der Waals surface area contributed by atoms with E-state index in [1.54, 1.807) is 39.8 Å². The third-order valence-corrected chi connectivity index (χ3v) is 11.3. The van der Waals surface area contributed by atoms with Crippen molar-refractivity contribution in [2.45, 2.75) is 114 Å². The fourth-order valence-corrected chi connectivity index (χ4v) is 7.69. The first-order chi connectivity index (χ1) is 23.8. The van der Waals surface area contributed by atoms with E-state index in [2.05, 4.69) is 10.6 Å². The van der Waals surface area contributed by atoms with E-state index in [4.69, 9.17) is 9.47 Å². The number of hydrogen-bond acceptors (Lipinski definition) is 10. The molecule has 2 aliphatic heterocycles. The minimum atomic E-state index is -3.95. The number of sulfonamides is 1. The highest BCUT2D eigenvalue weighted by atomic mass is 32.2. The zero-order valence-electron chi connectivity index (χ0n) is 29.2. The topological polar surface area (TPSA) is 198 Å². The summed E-state index contributed by atoms with van der Waals surface area (Å²) >= 11 is 0. The van der Waals surface area contributed by atoms with E-state index in [1.165, 1.54) is 30.0 Å².